The summed E-state index contributed by atoms with van der Waals surface area (Å²) in [4.78, 5) is 21.3. The van der Waals surface area contributed by atoms with E-state index < -0.39 is 33.7 Å². The number of amides is 1. The molecule has 1 aromatic carbocycles. The molecule has 0 heterocycles. The third-order valence-electron chi connectivity index (χ3n) is 2.80. The molecule has 7 heteroatoms. The minimum absolute atomic E-state index is 0.186. The Morgan fingerprint density at radius 2 is 1.95 bits per heavy atom. The quantitative estimate of drug-likeness (QED) is 0.519. The normalized spacial score (nSPS) is 14.6. The topological polar surface area (TPSA) is 72.2 Å². The van der Waals surface area contributed by atoms with Crippen molar-refractivity contribution in [2.45, 2.75) is 18.9 Å². The zero-order chi connectivity index (χ0) is 14.0. The van der Waals surface area contributed by atoms with E-state index >= 15 is 0 Å². The van der Waals surface area contributed by atoms with Gasteiger partial charge in [0, 0.05) is 6.04 Å². The van der Waals surface area contributed by atoms with Crippen LogP contribution in [0.25, 0.3) is 0 Å². The summed E-state index contributed by atoms with van der Waals surface area (Å²) in [5.74, 6) is -3.20. The van der Waals surface area contributed by atoms with Gasteiger partial charge in [-0.05, 0) is 18.9 Å². The van der Waals surface area contributed by atoms with Crippen molar-refractivity contribution in [3.63, 3.8) is 0 Å². The second-order valence-corrected chi connectivity index (χ2v) is 4.16. The van der Waals surface area contributed by atoms with Gasteiger partial charge in [-0.2, -0.15) is 4.39 Å². The number of carbonyl (C=O) groups is 1. The van der Waals surface area contributed by atoms with E-state index in [1.807, 2.05) is 12.2 Å². The van der Waals surface area contributed by atoms with E-state index in [0.717, 1.165) is 0 Å². The molecule has 1 aliphatic rings. The van der Waals surface area contributed by atoms with Crippen molar-refractivity contribution < 1.29 is 18.5 Å². The molecule has 5 nitrogen and oxygen atoms in total. The van der Waals surface area contributed by atoms with Crippen LogP contribution in [-0.2, 0) is 0 Å². The highest BCUT2D eigenvalue weighted by Gasteiger charge is 2.25. The lowest BCUT2D eigenvalue weighted by Gasteiger charge is -2.12. The summed E-state index contributed by atoms with van der Waals surface area (Å²) in [6.07, 6.45) is 4.92. The van der Waals surface area contributed by atoms with E-state index in [1.165, 1.54) is 0 Å². The van der Waals surface area contributed by atoms with Crippen LogP contribution in [0.2, 0.25) is 0 Å². The van der Waals surface area contributed by atoms with Crippen LogP contribution < -0.4 is 5.32 Å². The molecule has 0 saturated carbocycles. The Hall–Kier alpha value is -2.31. The van der Waals surface area contributed by atoms with Gasteiger partial charge in [-0.1, -0.05) is 12.2 Å². The molecule has 0 aromatic heterocycles. The van der Waals surface area contributed by atoms with Crippen molar-refractivity contribution in [1.29, 1.82) is 0 Å². The summed E-state index contributed by atoms with van der Waals surface area (Å²) in [6, 6.07) is 0.915. The molecule has 0 spiro atoms. The molecule has 1 aliphatic carbocycles. The highest BCUT2D eigenvalue weighted by molar-refractivity contribution is 5.95. The third-order valence-corrected chi connectivity index (χ3v) is 2.80. The van der Waals surface area contributed by atoms with E-state index in [-0.39, 0.29) is 6.04 Å². The van der Waals surface area contributed by atoms with Crippen molar-refractivity contribution in [2.75, 3.05) is 0 Å². The maximum absolute atomic E-state index is 13.7. The van der Waals surface area contributed by atoms with Crippen LogP contribution in [0.4, 0.5) is 14.5 Å². The van der Waals surface area contributed by atoms with Crippen LogP contribution in [0.5, 0.6) is 0 Å². The first kappa shape index (κ1) is 13.1. The molecule has 1 N–H and O–H groups in total. The number of hydrogen-bond donors (Lipinski definition) is 1. The predicted molar refractivity (Wildman–Crippen MR) is 62.6 cm³/mol. The predicted octanol–water partition coefficient (Wildman–Crippen LogP) is 2.32. The van der Waals surface area contributed by atoms with Gasteiger partial charge < -0.3 is 5.32 Å². The number of nitro benzene ring substituents is 1. The van der Waals surface area contributed by atoms with Gasteiger partial charge in [0.2, 0.25) is 5.82 Å². The molecule has 0 saturated heterocycles. The van der Waals surface area contributed by atoms with Gasteiger partial charge in [0.1, 0.15) is 5.82 Å². The molecule has 1 amide bonds. The van der Waals surface area contributed by atoms with E-state index in [0.29, 0.717) is 25.0 Å². The lowest BCUT2D eigenvalue weighted by atomic mass is 10.1. The first-order valence-electron chi connectivity index (χ1n) is 5.58. The molecular weight excluding hydrogens is 258 g/mol. The fourth-order valence-corrected chi connectivity index (χ4v) is 1.87. The van der Waals surface area contributed by atoms with Gasteiger partial charge >= 0.3 is 5.69 Å². The van der Waals surface area contributed by atoms with Gasteiger partial charge in [0.15, 0.2) is 0 Å². The number of halogens is 2. The average molecular weight is 268 g/mol. The number of carbonyl (C=O) groups excluding carboxylic acids is 1. The smallest absolute Gasteiger partial charge is 0.308 e. The van der Waals surface area contributed by atoms with E-state index in [1.54, 1.807) is 0 Å². The van der Waals surface area contributed by atoms with Gasteiger partial charge in [-0.3, -0.25) is 14.9 Å². The minimum atomic E-state index is -1.32. The van der Waals surface area contributed by atoms with Crippen LogP contribution in [-0.4, -0.2) is 16.9 Å². The lowest BCUT2D eigenvalue weighted by molar-refractivity contribution is -0.387. The SMILES string of the molecule is O=C(NC1CC=CC1)c1cc(F)cc([N+](=O)[O-])c1F. The van der Waals surface area contributed by atoms with E-state index in [9.17, 15) is 23.7 Å². The zero-order valence-corrected chi connectivity index (χ0v) is 9.73. The maximum Gasteiger partial charge on any atom is 0.308 e. The van der Waals surface area contributed by atoms with Crippen LogP contribution in [0.3, 0.4) is 0 Å². The molecular formula is C12H10F2N2O3. The highest BCUT2D eigenvalue weighted by Crippen LogP contribution is 2.23. The Labute approximate surface area is 107 Å². The van der Waals surface area contributed by atoms with Gasteiger partial charge in [0.05, 0.1) is 16.6 Å². The van der Waals surface area contributed by atoms with Crippen molar-refractivity contribution >= 4 is 11.6 Å². The monoisotopic (exact) mass is 268 g/mol. The number of benzene rings is 1. The van der Waals surface area contributed by atoms with Crippen LogP contribution in [0.1, 0.15) is 23.2 Å². The first-order valence-corrected chi connectivity index (χ1v) is 5.58. The zero-order valence-electron chi connectivity index (χ0n) is 9.73. The molecule has 0 atom stereocenters. The fraction of sp³-hybridized carbons (Fsp3) is 0.250. The maximum atomic E-state index is 13.7. The molecule has 1 aromatic rings. The number of nitro groups is 1. The number of nitrogens with zero attached hydrogens (tertiary/aromatic N) is 1. The van der Waals surface area contributed by atoms with E-state index in [4.69, 9.17) is 0 Å². The minimum Gasteiger partial charge on any atom is -0.349 e. The summed E-state index contributed by atoms with van der Waals surface area (Å²) in [5, 5.41) is 13.0. The van der Waals surface area contributed by atoms with Crippen molar-refractivity contribution in [2.24, 2.45) is 0 Å². The van der Waals surface area contributed by atoms with Crippen LogP contribution in [0, 0.1) is 21.7 Å². The van der Waals surface area contributed by atoms with Crippen molar-refractivity contribution in [1.82, 2.24) is 5.32 Å². The van der Waals surface area contributed by atoms with Gasteiger partial charge in [0.25, 0.3) is 5.91 Å². The van der Waals surface area contributed by atoms with Crippen molar-refractivity contribution in [3.8, 4) is 0 Å². The third kappa shape index (κ3) is 2.75. The molecule has 100 valence electrons. The number of hydrogen-bond acceptors (Lipinski definition) is 3. The largest absolute Gasteiger partial charge is 0.349 e. The standard InChI is InChI=1S/C12H10F2N2O3/c13-7-5-9(11(14)10(6-7)16(18)19)12(17)15-8-3-1-2-4-8/h1-2,5-6,8H,3-4H2,(H,15,17). The molecule has 2 rings (SSSR count). The summed E-state index contributed by atoms with van der Waals surface area (Å²) in [5.41, 5.74) is -1.70. The second kappa shape index (κ2) is 5.13. The summed E-state index contributed by atoms with van der Waals surface area (Å²) in [7, 11) is 0. The number of rotatable bonds is 3. The summed E-state index contributed by atoms with van der Waals surface area (Å²) >= 11 is 0. The van der Waals surface area contributed by atoms with Gasteiger partial charge in [-0.15, -0.1) is 0 Å². The van der Waals surface area contributed by atoms with Crippen molar-refractivity contribution in [3.05, 3.63) is 51.6 Å². The molecule has 0 bridgehead atoms. The van der Waals surface area contributed by atoms with Crippen LogP contribution >= 0.6 is 0 Å². The Balaban J connectivity index is 2.28. The Kier molecular flexibility index (Phi) is 3.55. The molecule has 0 fully saturated rings. The Morgan fingerprint density at radius 1 is 1.32 bits per heavy atom. The Bertz CT molecular complexity index is 564. The van der Waals surface area contributed by atoms with Crippen LogP contribution in [0.15, 0.2) is 24.3 Å². The molecule has 0 unspecified atom stereocenters. The highest BCUT2D eigenvalue weighted by atomic mass is 19.1. The average Bonchev–Trinajstić information content (AvgIpc) is 2.84. The molecule has 19 heavy (non-hydrogen) atoms. The lowest BCUT2D eigenvalue weighted by Crippen LogP contribution is -2.33. The first-order chi connectivity index (χ1) is 8.99. The summed E-state index contributed by atoms with van der Waals surface area (Å²) < 4.78 is 26.9. The summed E-state index contributed by atoms with van der Waals surface area (Å²) in [6.45, 7) is 0. The van der Waals surface area contributed by atoms with E-state index in [2.05, 4.69) is 5.32 Å². The second-order valence-electron chi connectivity index (χ2n) is 4.16. The Morgan fingerprint density at radius 3 is 2.53 bits per heavy atom. The molecule has 0 radical (unpaired) electrons. The van der Waals surface area contributed by atoms with Gasteiger partial charge in [-0.25, -0.2) is 4.39 Å². The number of nitrogens with one attached hydrogen (secondary N) is 1. The fourth-order valence-electron chi connectivity index (χ4n) is 1.87. The molecule has 0 aliphatic heterocycles.